The van der Waals surface area contributed by atoms with Gasteiger partial charge in [0.15, 0.2) is 11.6 Å². The summed E-state index contributed by atoms with van der Waals surface area (Å²) in [7, 11) is 0. The lowest BCUT2D eigenvalue weighted by molar-refractivity contribution is -0.134. The molecule has 0 saturated carbocycles. The van der Waals surface area contributed by atoms with Crippen LogP contribution in [0.3, 0.4) is 0 Å². The number of benzene rings is 1. The van der Waals surface area contributed by atoms with Gasteiger partial charge in [0.2, 0.25) is 5.83 Å². The maximum Gasteiger partial charge on any atom is 0.364 e. The van der Waals surface area contributed by atoms with E-state index in [1.54, 1.807) is 0 Å². The molecule has 0 aromatic heterocycles. The molecule has 14 heavy (non-hydrogen) atoms. The number of carboxylic acid groups (broad SMARTS) is 1. The molecule has 0 aliphatic carbocycles. The highest BCUT2D eigenvalue weighted by molar-refractivity contribution is 5.89. The van der Waals surface area contributed by atoms with E-state index in [2.05, 4.69) is 0 Å². The largest absolute Gasteiger partial charge is 0.476 e. The Balaban J connectivity index is 3.04. The fourth-order valence-electron chi connectivity index (χ4n) is 0.810. The molecule has 0 bridgehead atoms. The average Bonchev–Trinajstić information content (AvgIpc) is 2.11. The lowest BCUT2D eigenvalue weighted by Gasteiger charge is -1.95. The van der Waals surface area contributed by atoms with Gasteiger partial charge in [-0.3, -0.25) is 0 Å². The van der Waals surface area contributed by atoms with Crippen molar-refractivity contribution in [3.8, 4) is 0 Å². The van der Waals surface area contributed by atoms with E-state index in [4.69, 9.17) is 5.11 Å². The maximum absolute atomic E-state index is 12.6. The van der Waals surface area contributed by atoms with Crippen molar-refractivity contribution in [2.24, 2.45) is 0 Å². The van der Waals surface area contributed by atoms with E-state index < -0.39 is 23.4 Å². The van der Waals surface area contributed by atoms with E-state index in [0.717, 1.165) is 12.1 Å². The van der Waals surface area contributed by atoms with Crippen LogP contribution in [0.5, 0.6) is 0 Å². The summed E-state index contributed by atoms with van der Waals surface area (Å²) in [4.78, 5) is 10.0. The van der Waals surface area contributed by atoms with Crippen LogP contribution in [0.4, 0.5) is 13.2 Å². The number of hydrogen-bond donors (Lipinski definition) is 1. The predicted octanol–water partition coefficient (Wildman–Crippen LogP) is 2.36. The number of aliphatic carboxylic acids is 1. The zero-order valence-electron chi connectivity index (χ0n) is 6.80. The third-order valence-corrected chi connectivity index (χ3v) is 1.44. The molecule has 1 aromatic carbocycles. The van der Waals surface area contributed by atoms with Crippen LogP contribution in [-0.2, 0) is 4.79 Å². The van der Waals surface area contributed by atoms with Gasteiger partial charge in [-0.1, -0.05) is 6.07 Å². The quantitative estimate of drug-likeness (QED) is 0.747. The van der Waals surface area contributed by atoms with Gasteiger partial charge < -0.3 is 5.11 Å². The molecule has 0 saturated heterocycles. The molecule has 0 fully saturated rings. The van der Waals surface area contributed by atoms with Crippen LogP contribution in [0, 0.1) is 11.6 Å². The summed E-state index contributed by atoms with van der Waals surface area (Å²) in [5.74, 6) is -5.42. The Hall–Kier alpha value is -1.78. The van der Waals surface area contributed by atoms with Crippen molar-refractivity contribution in [2.45, 2.75) is 0 Å². The first kappa shape index (κ1) is 10.3. The first-order valence-electron chi connectivity index (χ1n) is 3.56. The average molecular weight is 202 g/mol. The van der Waals surface area contributed by atoms with Crippen LogP contribution in [0.15, 0.2) is 24.0 Å². The molecule has 0 spiro atoms. The van der Waals surface area contributed by atoms with Crippen molar-refractivity contribution in [2.75, 3.05) is 0 Å². The summed E-state index contributed by atoms with van der Waals surface area (Å²) in [6, 6.07) is 2.56. The molecule has 0 aliphatic rings. The van der Waals surface area contributed by atoms with Crippen LogP contribution in [0.1, 0.15) is 5.56 Å². The van der Waals surface area contributed by atoms with E-state index in [9.17, 15) is 18.0 Å². The van der Waals surface area contributed by atoms with Crippen LogP contribution in [0.2, 0.25) is 0 Å². The Morgan fingerprint density at radius 3 is 2.43 bits per heavy atom. The molecule has 1 aromatic rings. The molecule has 0 heterocycles. The van der Waals surface area contributed by atoms with Gasteiger partial charge in [-0.2, -0.15) is 4.39 Å². The molecule has 1 N–H and O–H groups in total. The third-order valence-electron chi connectivity index (χ3n) is 1.44. The highest BCUT2D eigenvalue weighted by Gasteiger charge is 2.06. The standard InChI is InChI=1S/C9H5F3O2/c10-6-2-1-5(3-7(6)11)4-8(12)9(13)14/h1-4H,(H,13,14). The summed E-state index contributed by atoms with van der Waals surface area (Å²) in [6.07, 6.45) is 0.602. The normalized spacial score (nSPS) is 11.5. The van der Waals surface area contributed by atoms with Gasteiger partial charge in [0, 0.05) is 0 Å². The molecule has 0 unspecified atom stereocenters. The van der Waals surface area contributed by atoms with Crippen LogP contribution >= 0.6 is 0 Å². The molecule has 0 radical (unpaired) electrons. The molecular formula is C9H5F3O2. The second-order valence-corrected chi connectivity index (χ2v) is 2.47. The highest BCUT2D eigenvalue weighted by atomic mass is 19.2. The molecule has 2 nitrogen and oxygen atoms in total. The van der Waals surface area contributed by atoms with E-state index in [0.29, 0.717) is 12.1 Å². The molecule has 5 heteroatoms. The fourth-order valence-corrected chi connectivity index (χ4v) is 0.810. The second kappa shape index (κ2) is 3.95. The SMILES string of the molecule is O=C(O)C(F)=Cc1ccc(F)c(F)c1. The summed E-state index contributed by atoms with van der Waals surface area (Å²) in [5, 5.41) is 8.16. The summed E-state index contributed by atoms with van der Waals surface area (Å²) >= 11 is 0. The fraction of sp³-hybridized carbons (Fsp3) is 0. The molecule has 74 valence electrons. The van der Waals surface area contributed by atoms with Gasteiger partial charge in [0.05, 0.1) is 0 Å². The Labute approximate surface area is 77.3 Å². The number of rotatable bonds is 2. The monoisotopic (exact) mass is 202 g/mol. The number of hydrogen-bond acceptors (Lipinski definition) is 1. The van der Waals surface area contributed by atoms with E-state index in [-0.39, 0.29) is 5.56 Å². The van der Waals surface area contributed by atoms with Gasteiger partial charge in [0.25, 0.3) is 0 Å². The van der Waals surface area contributed by atoms with Crippen molar-refractivity contribution in [3.05, 3.63) is 41.2 Å². The zero-order chi connectivity index (χ0) is 10.7. The molecule has 0 amide bonds. The second-order valence-electron chi connectivity index (χ2n) is 2.47. The lowest BCUT2D eigenvalue weighted by Crippen LogP contribution is -1.94. The number of carboxylic acids is 1. The van der Waals surface area contributed by atoms with Crippen molar-refractivity contribution >= 4 is 12.0 Å². The summed E-state index contributed by atoms with van der Waals surface area (Å²) in [5.41, 5.74) is -0.0520. The van der Waals surface area contributed by atoms with Crippen LogP contribution < -0.4 is 0 Å². The zero-order valence-corrected chi connectivity index (χ0v) is 6.80. The molecule has 0 aliphatic heterocycles. The topological polar surface area (TPSA) is 37.3 Å². The minimum absolute atomic E-state index is 0.0520. The molecule has 1 rings (SSSR count). The smallest absolute Gasteiger partial charge is 0.364 e. The van der Waals surface area contributed by atoms with E-state index in [1.165, 1.54) is 0 Å². The van der Waals surface area contributed by atoms with E-state index >= 15 is 0 Å². The predicted molar refractivity (Wildman–Crippen MR) is 43.1 cm³/mol. The lowest BCUT2D eigenvalue weighted by atomic mass is 10.2. The van der Waals surface area contributed by atoms with E-state index in [1.807, 2.05) is 0 Å². The first-order valence-corrected chi connectivity index (χ1v) is 3.56. The highest BCUT2D eigenvalue weighted by Crippen LogP contribution is 2.12. The van der Waals surface area contributed by atoms with Crippen molar-refractivity contribution in [3.63, 3.8) is 0 Å². The van der Waals surface area contributed by atoms with Crippen LogP contribution in [0.25, 0.3) is 6.08 Å². The summed E-state index contributed by atoms with van der Waals surface area (Å²) in [6.45, 7) is 0. The molecular weight excluding hydrogens is 197 g/mol. The van der Waals surface area contributed by atoms with Crippen molar-refractivity contribution in [1.29, 1.82) is 0 Å². The first-order chi connectivity index (χ1) is 6.50. The van der Waals surface area contributed by atoms with Crippen molar-refractivity contribution in [1.82, 2.24) is 0 Å². The minimum atomic E-state index is -1.75. The number of halogens is 3. The van der Waals surface area contributed by atoms with Crippen LogP contribution in [-0.4, -0.2) is 11.1 Å². The van der Waals surface area contributed by atoms with Gasteiger partial charge in [-0.25, -0.2) is 13.6 Å². The number of carbonyl (C=O) groups is 1. The van der Waals surface area contributed by atoms with Gasteiger partial charge in [-0.05, 0) is 23.8 Å². The Morgan fingerprint density at radius 2 is 1.93 bits per heavy atom. The maximum atomic E-state index is 12.6. The summed E-state index contributed by atoms with van der Waals surface area (Å²) < 4.78 is 37.4. The molecule has 0 atom stereocenters. The van der Waals surface area contributed by atoms with Gasteiger partial charge >= 0.3 is 5.97 Å². The van der Waals surface area contributed by atoms with Gasteiger partial charge in [0.1, 0.15) is 0 Å². The Morgan fingerprint density at radius 1 is 1.29 bits per heavy atom. The third kappa shape index (κ3) is 2.35. The van der Waals surface area contributed by atoms with Gasteiger partial charge in [-0.15, -0.1) is 0 Å². The Bertz CT molecular complexity index is 399. The Kier molecular flexibility index (Phi) is 2.91. The van der Waals surface area contributed by atoms with Crippen molar-refractivity contribution < 1.29 is 23.1 Å². The minimum Gasteiger partial charge on any atom is -0.476 e.